The molecule has 1 N–H and O–H groups in total. The lowest BCUT2D eigenvalue weighted by atomic mass is 10.1. The third-order valence-electron chi connectivity index (χ3n) is 2.89. The van der Waals surface area contributed by atoms with Gasteiger partial charge in [0.25, 0.3) is 5.56 Å². The second-order valence-corrected chi connectivity index (χ2v) is 5.04. The van der Waals surface area contributed by atoms with Crippen LogP contribution in [0, 0.1) is 0 Å². The molecule has 0 fully saturated rings. The number of aromatic nitrogens is 3. The standard InChI is InChI=1S/C13H11N3O2S/c17-11(9-2-1-4-14-6-9)7-16-8-15-12-10(13(16)18)3-5-19-12/h1-6,8,11,17H,7H2/t11-/m1/s1. The highest BCUT2D eigenvalue weighted by Crippen LogP contribution is 2.15. The van der Waals surface area contributed by atoms with E-state index in [-0.39, 0.29) is 12.1 Å². The number of nitrogens with zero attached hydrogens (tertiary/aromatic N) is 3. The molecular formula is C13H11N3O2S. The van der Waals surface area contributed by atoms with E-state index in [1.165, 1.54) is 22.2 Å². The maximum atomic E-state index is 12.2. The predicted octanol–water partition coefficient (Wildman–Crippen LogP) is 1.59. The van der Waals surface area contributed by atoms with Crippen LogP contribution in [0.15, 0.2) is 47.1 Å². The van der Waals surface area contributed by atoms with Gasteiger partial charge in [-0.15, -0.1) is 11.3 Å². The first-order chi connectivity index (χ1) is 9.25. The number of aliphatic hydroxyl groups excluding tert-OH is 1. The van der Waals surface area contributed by atoms with Crippen molar-refractivity contribution >= 4 is 21.6 Å². The van der Waals surface area contributed by atoms with Crippen LogP contribution in [0.5, 0.6) is 0 Å². The minimum atomic E-state index is -0.774. The van der Waals surface area contributed by atoms with Crippen LogP contribution >= 0.6 is 11.3 Å². The van der Waals surface area contributed by atoms with Crippen LogP contribution in [0.25, 0.3) is 10.2 Å². The van der Waals surface area contributed by atoms with Crippen molar-refractivity contribution < 1.29 is 5.11 Å². The fourth-order valence-electron chi connectivity index (χ4n) is 1.89. The number of hydrogen-bond acceptors (Lipinski definition) is 5. The van der Waals surface area contributed by atoms with Crippen molar-refractivity contribution in [2.75, 3.05) is 0 Å². The maximum Gasteiger partial charge on any atom is 0.262 e. The van der Waals surface area contributed by atoms with Gasteiger partial charge in [0.15, 0.2) is 0 Å². The molecule has 0 radical (unpaired) electrons. The molecule has 1 atom stereocenters. The zero-order chi connectivity index (χ0) is 13.2. The summed E-state index contributed by atoms with van der Waals surface area (Å²) in [4.78, 5) is 21.0. The summed E-state index contributed by atoms with van der Waals surface area (Å²) in [5.74, 6) is 0. The van der Waals surface area contributed by atoms with E-state index in [1.54, 1.807) is 30.6 Å². The first kappa shape index (κ1) is 12.0. The smallest absolute Gasteiger partial charge is 0.262 e. The first-order valence-corrected chi connectivity index (χ1v) is 6.64. The van der Waals surface area contributed by atoms with Crippen LogP contribution < -0.4 is 5.56 Å². The zero-order valence-electron chi connectivity index (χ0n) is 9.93. The molecule has 0 aromatic carbocycles. The summed E-state index contributed by atoms with van der Waals surface area (Å²) in [6.45, 7) is 0.170. The van der Waals surface area contributed by atoms with Crippen LogP contribution in [0.4, 0.5) is 0 Å². The molecule has 0 unspecified atom stereocenters. The van der Waals surface area contributed by atoms with E-state index >= 15 is 0 Å². The lowest BCUT2D eigenvalue weighted by Gasteiger charge is -2.12. The highest BCUT2D eigenvalue weighted by Gasteiger charge is 2.11. The quantitative estimate of drug-likeness (QED) is 0.787. The molecule has 5 nitrogen and oxygen atoms in total. The van der Waals surface area contributed by atoms with Crippen LogP contribution in [-0.4, -0.2) is 19.6 Å². The average molecular weight is 273 g/mol. The Balaban J connectivity index is 1.93. The summed E-state index contributed by atoms with van der Waals surface area (Å²) in [7, 11) is 0. The highest BCUT2D eigenvalue weighted by molar-refractivity contribution is 7.16. The van der Waals surface area contributed by atoms with Crippen molar-refractivity contribution in [1.82, 2.24) is 14.5 Å². The molecule has 0 saturated heterocycles. The summed E-state index contributed by atoms with van der Waals surface area (Å²) < 4.78 is 1.42. The summed E-state index contributed by atoms with van der Waals surface area (Å²) >= 11 is 1.43. The van der Waals surface area contributed by atoms with Gasteiger partial charge in [-0.1, -0.05) is 6.07 Å². The molecule has 3 heterocycles. The second-order valence-electron chi connectivity index (χ2n) is 4.14. The van der Waals surface area contributed by atoms with E-state index in [4.69, 9.17) is 0 Å². The molecule has 3 aromatic heterocycles. The van der Waals surface area contributed by atoms with Crippen molar-refractivity contribution in [3.05, 3.63) is 58.2 Å². The topological polar surface area (TPSA) is 68.0 Å². The first-order valence-electron chi connectivity index (χ1n) is 5.76. The van der Waals surface area contributed by atoms with E-state index in [9.17, 15) is 9.90 Å². The Bertz CT molecular complexity index is 751. The van der Waals surface area contributed by atoms with Gasteiger partial charge in [-0.3, -0.25) is 14.3 Å². The van der Waals surface area contributed by atoms with E-state index in [2.05, 4.69) is 9.97 Å². The molecule has 0 spiro atoms. The van der Waals surface area contributed by atoms with Gasteiger partial charge in [0.05, 0.1) is 24.4 Å². The molecule has 3 rings (SSSR count). The molecule has 0 aliphatic rings. The molecular weight excluding hydrogens is 262 g/mol. The fourth-order valence-corrected chi connectivity index (χ4v) is 2.61. The van der Waals surface area contributed by atoms with Crippen molar-refractivity contribution in [3.8, 4) is 0 Å². The average Bonchev–Trinajstić information content (AvgIpc) is 2.92. The van der Waals surface area contributed by atoms with Gasteiger partial charge >= 0.3 is 0 Å². The largest absolute Gasteiger partial charge is 0.386 e. The van der Waals surface area contributed by atoms with Gasteiger partial charge in [-0.2, -0.15) is 0 Å². The van der Waals surface area contributed by atoms with Crippen molar-refractivity contribution in [2.24, 2.45) is 0 Å². The minimum absolute atomic E-state index is 0.130. The van der Waals surface area contributed by atoms with E-state index < -0.39 is 6.10 Å². The minimum Gasteiger partial charge on any atom is -0.386 e. The highest BCUT2D eigenvalue weighted by atomic mass is 32.1. The number of aliphatic hydroxyl groups is 1. The molecule has 0 bridgehead atoms. The fraction of sp³-hybridized carbons (Fsp3) is 0.154. The Labute approximate surface area is 112 Å². The van der Waals surface area contributed by atoms with Gasteiger partial charge in [-0.05, 0) is 17.5 Å². The van der Waals surface area contributed by atoms with Gasteiger partial charge in [0.1, 0.15) is 4.83 Å². The Morgan fingerprint density at radius 3 is 3.11 bits per heavy atom. The number of fused-ring (bicyclic) bond motifs is 1. The third-order valence-corrected chi connectivity index (χ3v) is 3.71. The Morgan fingerprint density at radius 2 is 2.32 bits per heavy atom. The molecule has 6 heteroatoms. The molecule has 96 valence electrons. The number of pyridine rings is 1. The van der Waals surface area contributed by atoms with Crippen molar-refractivity contribution in [1.29, 1.82) is 0 Å². The Morgan fingerprint density at radius 1 is 1.42 bits per heavy atom. The van der Waals surface area contributed by atoms with Gasteiger partial charge in [0.2, 0.25) is 0 Å². The van der Waals surface area contributed by atoms with Gasteiger partial charge in [0, 0.05) is 18.0 Å². The number of hydrogen-bond donors (Lipinski definition) is 1. The SMILES string of the molecule is O=c1c2ccsc2ncn1C[C@@H](O)c1cccnc1. The van der Waals surface area contributed by atoms with Crippen molar-refractivity contribution in [3.63, 3.8) is 0 Å². The van der Waals surface area contributed by atoms with E-state index in [1.807, 2.05) is 5.38 Å². The number of thiophene rings is 1. The van der Waals surface area contributed by atoms with Crippen LogP contribution in [-0.2, 0) is 6.54 Å². The zero-order valence-corrected chi connectivity index (χ0v) is 10.7. The van der Waals surface area contributed by atoms with E-state index in [0.717, 1.165) is 4.83 Å². The van der Waals surface area contributed by atoms with Crippen molar-refractivity contribution in [2.45, 2.75) is 12.6 Å². The molecule has 0 saturated carbocycles. The lowest BCUT2D eigenvalue weighted by Crippen LogP contribution is -2.23. The monoisotopic (exact) mass is 273 g/mol. The van der Waals surface area contributed by atoms with Crippen LogP contribution in [0.2, 0.25) is 0 Å². The lowest BCUT2D eigenvalue weighted by molar-refractivity contribution is 0.154. The molecule has 0 aliphatic heterocycles. The Hall–Kier alpha value is -2.05. The van der Waals surface area contributed by atoms with Crippen LogP contribution in [0.1, 0.15) is 11.7 Å². The summed E-state index contributed by atoms with van der Waals surface area (Å²) in [5.41, 5.74) is 0.550. The predicted molar refractivity (Wildman–Crippen MR) is 73.1 cm³/mol. The Kier molecular flexibility index (Phi) is 3.10. The van der Waals surface area contributed by atoms with Gasteiger partial charge in [-0.25, -0.2) is 4.98 Å². The van der Waals surface area contributed by atoms with Gasteiger partial charge < -0.3 is 5.11 Å². The third kappa shape index (κ3) is 2.27. The summed E-state index contributed by atoms with van der Waals surface area (Å²) in [5, 5.41) is 12.5. The summed E-state index contributed by atoms with van der Waals surface area (Å²) in [6, 6.07) is 5.28. The van der Waals surface area contributed by atoms with Crippen LogP contribution in [0.3, 0.4) is 0 Å². The normalized spacial score (nSPS) is 12.7. The molecule has 3 aromatic rings. The summed E-state index contributed by atoms with van der Waals surface area (Å²) in [6.07, 6.45) is 3.93. The van der Waals surface area contributed by atoms with E-state index in [0.29, 0.717) is 10.9 Å². The molecule has 0 amide bonds. The second kappa shape index (κ2) is 4.91. The maximum absolute atomic E-state index is 12.2. The number of rotatable bonds is 3. The molecule has 19 heavy (non-hydrogen) atoms. The molecule has 0 aliphatic carbocycles.